The van der Waals surface area contributed by atoms with E-state index in [1.807, 2.05) is 0 Å². The maximum atomic E-state index is 13.1. The van der Waals surface area contributed by atoms with Gasteiger partial charge in [-0.25, -0.2) is 9.78 Å². The van der Waals surface area contributed by atoms with Gasteiger partial charge < -0.3 is 14.4 Å². The molecule has 5 nitrogen and oxygen atoms in total. The van der Waals surface area contributed by atoms with Crippen LogP contribution in [0, 0.1) is 0 Å². The number of benzene rings is 1. The summed E-state index contributed by atoms with van der Waals surface area (Å²) in [6.07, 6.45) is -2.30. The van der Waals surface area contributed by atoms with Crippen LogP contribution in [0.15, 0.2) is 30.5 Å². The number of aromatic carboxylic acids is 1. The van der Waals surface area contributed by atoms with E-state index in [0.29, 0.717) is 31.6 Å². The fraction of sp³-hybridized carbons (Fsp3) is 0.375. The lowest BCUT2D eigenvalue weighted by atomic mass is 10.1. The fourth-order valence-electron chi connectivity index (χ4n) is 2.75. The van der Waals surface area contributed by atoms with Gasteiger partial charge in [0, 0.05) is 31.0 Å². The zero-order valence-corrected chi connectivity index (χ0v) is 12.6. The fourth-order valence-corrected chi connectivity index (χ4v) is 2.75. The number of alkyl halides is 3. The summed E-state index contributed by atoms with van der Waals surface area (Å²) in [7, 11) is 0. The standard InChI is InChI=1S/C16H15F3N2O3/c17-16(18,19)13-9-21(12-5-7-24-8-6-12)14(20-13)10-1-3-11(4-2-10)15(22)23/h1-4,9,12H,5-8H2,(H,22,23). The molecule has 0 spiro atoms. The summed E-state index contributed by atoms with van der Waals surface area (Å²) in [6.45, 7) is 0.975. The van der Waals surface area contributed by atoms with Gasteiger partial charge in [0.25, 0.3) is 0 Å². The lowest BCUT2D eigenvalue weighted by molar-refractivity contribution is -0.140. The third-order valence-electron chi connectivity index (χ3n) is 4.00. The molecule has 1 N–H and O–H groups in total. The van der Waals surface area contributed by atoms with Crippen molar-refractivity contribution >= 4 is 5.97 Å². The van der Waals surface area contributed by atoms with Crippen LogP contribution >= 0.6 is 0 Å². The molecule has 128 valence electrons. The van der Waals surface area contributed by atoms with E-state index in [1.54, 1.807) is 0 Å². The molecule has 0 amide bonds. The Balaban J connectivity index is 2.04. The van der Waals surface area contributed by atoms with Gasteiger partial charge in [-0.3, -0.25) is 0 Å². The summed E-state index contributed by atoms with van der Waals surface area (Å²) in [4.78, 5) is 14.7. The first-order valence-electron chi connectivity index (χ1n) is 7.44. The van der Waals surface area contributed by atoms with Crippen molar-refractivity contribution in [3.63, 3.8) is 0 Å². The van der Waals surface area contributed by atoms with Gasteiger partial charge in [0.1, 0.15) is 5.82 Å². The summed E-state index contributed by atoms with van der Waals surface area (Å²) >= 11 is 0. The molecule has 0 unspecified atom stereocenters. The van der Waals surface area contributed by atoms with Gasteiger partial charge in [-0.1, -0.05) is 12.1 Å². The minimum Gasteiger partial charge on any atom is -0.478 e. The summed E-state index contributed by atoms with van der Waals surface area (Å²) in [5.74, 6) is -0.906. The highest BCUT2D eigenvalue weighted by atomic mass is 19.4. The highest BCUT2D eigenvalue weighted by Crippen LogP contribution is 2.34. The molecule has 2 heterocycles. The van der Waals surface area contributed by atoms with Crippen molar-refractivity contribution in [3.05, 3.63) is 41.7 Å². The van der Waals surface area contributed by atoms with E-state index in [2.05, 4.69) is 4.98 Å². The van der Waals surface area contributed by atoms with Crippen molar-refractivity contribution < 1.29 is 27.8 Å². The molecule has 24 heavy (non-hydrogen) atoms. The lowest BCUT2D eigenvalue weighted by Crippen LogP contribution is -2.19. The van der Waals surface area contributed by atoms with Gasteiger partial charge in [-0.05, 0) is 25.0 Å². The summed E-state index contributed by atoms with van der Waals surface area (Å²) in [5, 5.41) is 8.93. The molecule has 3 rings (SSSR count). The second-order valence-electron chi connectivity index (χ2n) is 5.58. The van der Waals surface area contributed by atoms with Gasteiger partial charge in [0.05, 0.1) is 5.56 Å². The number of carbonyl (C=O) groups is 1. The number of hydrogen-bond acceptors (Lipinski definition) is 3. The molecule has 0 bridgehead atoms. The number of carboxylic acids is 1. The van der Waals surface area contributed by atoms with Crippen molar-refractivity contribution in [1.29, 1.82) is 0 Å². The third kappa shape index (κ3) is 3.28. The van der Waals surface area contributed by atoms with E-state index in [4.69, 9.17) is 9.84 Å². The first kappa shape index (κ1) is 16.5. The Morgan fingerprint density at radius 1 is 1.21 bits per heavy atom. The Labute approximate surface area is 135 Å². The maximum absolute atomic E-state index is 13.1. The average molecular weight is 340 g/mol. The smallest absolute Gasteiger partial charge is 0.434 e. The molecular formula is C16H15F3N2O3. The van der Waals surface area contributed by atoms with E-state index in [-0.39, 0.29) is 17.4 Å². The highest BCUT2D eigenvalue weighted by molar-refractivity contribution is 5.88. The molecule has 1 aliphatic rings. The van der Waals surface area contributed by atoms with Crippen molar-refractivity contribution in [3.8, 4) is 11.4 Å². The molecule has 1 aliphatic heterocycles. The molecule has 8 heteroatoms. The molecule has 1 fully saturated rings. The van der Waals surface area contributed by atoms with Gasteiger partial charge in [-0.15, -0.1) is 0 Å². The van der Waals surface area contributed by atoms with Crippen LogP contribution in [0.25, 0.3) is 11.4 Å². The van der Waals surface area contributed by atoms with Crippen LogP contribution in [0.5, 0.6) is 0 Å². The van der Waals surface area contributed by atoms with Crippen molar-refractivity contribution in [2.75, 3.05) is 13.2 Å². The Morgan fingerprint density at radius 3 is 2.38 bits per heavy atom. The second-order valence-corrected chi connectivity index (χ2v) is 5.58. The van der Waals surface area contributed by atoms with Crippen LogP contribution in [0.2, 0.25) is 0 Å². The quantitative estimate of drug-likeness (QED) is 0.927. The zero-order chi connectivity index (χ0) is 17.3. The maximum Gasteiger partial charge on any atom is 0.434 e. The molecule has 0 saturated carbocycles. The molecule has 0 radical (unpaired) electrons. The number of aromatic nitrogens is 2. The lowest BCUT2D eigenvalue weighted by Gasteiger charge is -2.25. The normalized spacial score (nSPS) is 16.3. The molecule has 0 atom stereocenters. The minimum atomic E-state index is -4.54. The summed E-state index contributed by atoms with van der Waals surface area (Å²) < 4.78 is 46.0. The van der Waals surface area contributed by atoms with Crippen LogP contribution in [-0.2, 0) is 10.9 Å². The Bertz CT molecular complexity index is 732. The Kier molecular flexibility index (Phi) is 4.31. The van der Waals surface area contributed by atoms with Crippen LogP contribution in [-0.4, -0.2) is 33.8 Å². The van der Waals surface area contributed by atoms with Gasteiger partial charge in [0.15, 0.2) is 5.69 Å². The summed E-state index contributed by atoms with van der Waals surface area (Å²) in [5.41, 5.74) is -0.438. The zero-order valence-electron chi connectivity index (χ0n) is 12.6. The molecule has 1 saturated heterocycles. The van der Waals surface area contributed by atoms with Crippen LogP contribution in [0.1, 0.15) is 34.9 Å². The average Bonchev–Trinajstić information content (AvgIpc) is 3.01. The first-order valence-corrected chi connectivity index (χ1v) is 7.44. The van der Waals surface area contributed by atoms with E-state index >= 15 is 0 Å². The van der Waals surface area contributed by atoms with Crippen molar-refractivity contribution in [2.24, 2.45) is 0 Å². The number of halogens is 3. The van der Waals surface area contributed by atoms with Crippen LogP contribution in [0.3, 0.4) is 0 Å². The SMILES string of the molecule is O=C(O)c1ccc(-c2nc(C(F)(F)F)cn2C2CCOCC2)cc1. The number of imidazole rings is 1. The molecule has 1 aromatic heterocycles. The van der Waals surface area contributed by atoms with Gasteiger partial charge >= 0.3 is 12.1 Å². The van der Waals surface area contributed by atoms with Gasteiger partial charge in [-0.2, -0.15) is 13.2 Å². The Hall–Kier alpha value is -2.35. The first-order chi connectivity index (χ1) is 11.4. The topological polar surface area (TPSA) is 64.3 Å². The molecular weight excluding hydrogens is 325 g/mol. The minimum absolute atomic E-state index is 0.0685. The number of hydrogen-bond donors (Lipinski definition) is 1. The highest BCUT2D eigenvalue weighted by Gasteiger charge is 2.36. The Morgan fingerprint density at radius 2 is 1.83 bits per heavy atom. The van der Waals surface area contributed by atoms with E-state index in [1.165, 1.54) is 28.8 Å². The van der Waals surface area contributed by atoms with Crippen LogP contribution in [0.4, 0.5) is 13.2 Å². The van der Waals surface area contributed by atoms with E-state index in [9.17, 15) is 18.0 Å². The number of carboxylic acid groups (broad SMARTS) is 1. The van der Waals surface area contributed by atoms with E-state index < -0.39 is 17.8 Å². The number of ether oxygens (including phenoxy) is 1. The second kappa shape index (κ2) is 6.27. The monoisotopic (exact) mass is 340 g/mol. The number of nitrogens with zero attached hydrogens (tertiary/aromatic N) is 2. The van der Waals surface area contributed by atoms with Crippen molar-refractivity contribution in [1.82, 2.24) is 9.55 Å². The number of rotatable bonds is 3. The van der Waals surface area contributed by atoms with Crippen molar-refractivity contribution in [2.45, 2.75) is 25.1 Å². The molecule has 2 aromatic rings. The van der Waals surface area contributed by atoms with E-state index in [0.717, 1.165) is 6.20 Å². The molecule has 0 aliphatic carbocycles. The van der Waals surface area contributed by atoms with Gasteiger partial charge in [0.2, 0.25) is 0 Å². The van der Waals surface area contributed by atoms with Crippen LogP contribution < -0.4 is 0 Å². The summed E-state index contributed by atoms with van der Waals surface area (Å²) in [6, 6.07) is 5.53. The third-order valence-corrected chi connectivity index (χ3v) is 4.00. The predicted octanol–water partition coefficient (Wildman–Crippen LogP) is 3.62. The predicted molar refractivity (Wildman–Crippen MR) is 78.7 cm³/mol. The molecule has 1 aromatic carbocycles. The largest absolute Gasteiger partial charge is 0.478 e.